The fourth-order valence-corrected chi connectivity index (χ4v) is 5.69. The number of fused-ring (bicyclic) bond motifs is 3. The summed E-state index contributed by atoms with van der Waals surface area (Å²) in [7, 11) is 0. The molecular formula is C39H26N4O. The number of pyridine rings is 1. The van der Waals surface area contributed by atoms with Gasteiger partial charge in [0.05, 0.1) is 5.56 Å². The first-order valence-electron chi connectivity index (χ1n) is 14.6. The summed E-state index contributed by atoms with van der Waals surface area (Å²) in [5.41, 5.74) is 9.48. The van der Waals surface area contributed by atoms with Crippen LogP contribution in [0.15, 0.2) is 144 Å². The van der Waals surface area contributed by atoms with Gasteiger partial charge in [0.2, 0.25) is 0 Å². The van der Waals surface area contributed by atoms with Crippen LogP contribution in [-0.2, 0) is 0 Å². The van der Waals surface area contributed by atoms with Crippen molar-refractivity contribution in [2.75, 3.05) is 0 Å². The lowest BCUT2D eigenvalue weighted by Crippen LogP contribution is -2.00. The van der Waals surface area contributed by atoms with Gasteiger partial charge in [-0.15, -0.1) is 0 Å². The van der Waals surface area contributed by atoms with Crippen molar-refractivity contribution in [2.24, 2.45) is 0 Å². The molecule has 0 spiro atoms. The second-order valence-corrected chi connectivity index (χ2v) is 10.8. The summed E-state index contributed by atoms with van der Waals surface area (Å²) < 4.78 is 6.54. The zero-order chi connectivity index (χ0) is 29.5. The number of hydrogen-bond acceptors (Lipinski definition) is 5. The lowest BCUT2D eigenvalue weighted by molar-refractivity contribution is 0.669. The predicted molar refractivity (Wildman–Crippen MR) is 177 cm³/mol. The number of furan rings is 1. The smallest absolute Gasteiger partial charge is 0.167 e. The molecule has 3 heterocycles. The predicted octanol–water partition coefficient (Wildman–Crippen LogP) is 9.81. The summed E-state index contributed by atoms with van der Waals surface area (Å²) in [6, 6.07) is 45.1. The van der Waals surface area contributed by atoms with Crippen LogP contribution in [0.2, 0.25) is 0 Å². The summed E-state index contributed by atoms with van der Waals surface area (Å²) in [6.07, 6.45) is 1.94. The van der Waals surface area contributed by atoms with Crippen LogP contribution < -0.4 is 0 Å². The molecule has 8 aromatic rings. The van der Waals surface area contributed by atoms with Gasteiger partial charge in [0.1, 0.15) is 11.2 Å². The van der Waals surface area contributed by atoms with E-state index in [-0.39, 0.29) is 0 Å². The minimum Gasteiger partial charge on any atom is -0.455 e. The van der Waals surface area contributed by atoms with Gasteiger partial charge in [0.25, 0.3) is 0 Å². The molecule has 5 nitrogen and oxygen atoms in total. The Balaban J connectivity index is 1.42. The Morgan fingerprint density at radius 2 is 1.05 bits per heavy atom. The van der Waals surface area contributed by atoms with E-state index in [1.54, 1.807) is 0 Å². The molecule has 0 aliphatic rings. The van der Waals surface area contributed by atoms with Crippen LogP contribution in [-0.4, -0.2) is 19.9 Å². The van der Waals surface area contributed by atoms with Gasteiger partial charge in [-0.05, 0) is 47.9 Å². The number of rotatable bonds is 5. The Kier molecular flexibility index (Phi) is 6.27. The van der Waals surface area contributed by atoms with Crippen LogP contribution in [0.4, 0.5) is 0 Å². The highest BCUT2D eigenvalue weighted by atomic mass is 16.3. The van der Waals surface area contributed by atoms with Gasteiger partial charge >= 0.3 is 0 Å². The van der Waals surface area contributed by atoms with E-state index < -0.39 is 0 Å². The summed E-state index contributed by atoms with van der Waals surface area (Å²) in [4.78, 5) is 19.6. The third kappa shape index (κ3) is 4.61. The molecule has 0 aliphatic heterocycles. The molecule has 5 aromatic carbocycles. The lowest BCUT2D eigenvalue weighted by Gasteiger charge is -2.13. The average molecular weight is 567 g/mol. The highest BCUT2D eigenvalue weighted by Gasteiger charge is 2.20. The quantitative estimate of drug-likeness (QED) is 0.207. The first-order chi connectivity index (χ1) is 21.7. The SMILES string of the molecule is Cc1ccc(-c2ccccc2-c2cc(-c3nc(-c4ccccc4)nc(-c4ccccc4)n3)c3oc4ccccc4c3c2)cn1. The zero-order valence-electron chi connectivity index (χ0n) is 24.0. The number of aromatic nitrogens is 4. The maximum atomic E-state index is 6.54. The van der Waals surface area contributed by atoms with Crippen LogP contribution in [0.1, 0.15) is 5.69 Å². The lowest BCUT2D eigenvalue weighted by atomic mass is 9.92. The van der Waals surface area contributed by atoms with Crippen molar-refractivity contribution >= 4 is 21.9 Å². The van der Waals surface area contributed by atoms with E-state index >= 15 is 0 Å². The van der Waals surface area contributed by atoms with Gasteiger partial charge in [0.15, 0.2) is 17.5 Å². The number of benzene rings is 5. The zero-order valence-corrected chi connectivity index (χ0v) is 24.0. The molecule has 8 rings (SSSR count). The fourth-order valence-electron chi connectivity index (χ4n) is 5.69. The summed E-state index contributed by atoms with van der Waals surface area (Å²) in [5.74, 6) is 1.77. The van der Waals surface area contributed by atoms with E-state index in [0.717, 1.165) is 66.6 Å². The topological polar surface area (TPSA) is 64.7 Å². The highest BCUT2D eigenvalue weighted by molar-refractivity contribution is 6.11. The molecule has 208 valence electrons. The molecule has 0 radical (unpaired) electrons. The standard InChI is InChI=1S/C39H26N4O/c1-25-20-21-28(24-40-25)30-16-8-9-17-31(30)29-22-33-32-18-10-11-19-35(32)44-36(33)34(23-29)39-42-37(26-12-4-2-5-13-26)41-38(43-39)27-14-6-3-7-15-27/h2-24H,1H3. The Labute approximate surface area is 254 Å². The highest BCUT2D eigenvalue weighted by Crippen LogP contribution is 2.41. The van der Waals surface area contributed by atoms with Crippen molar-refractivity contribution in [1.82, 2.24) is 19.9 Å². The largest absolute Gasteiger partial charge is 0.455 e. The molecule has 0 fully saturated rings. The average Bonchev–Trinajstić information content (AvgIpc) is 3.47. The van der Waals surface area contributed by atoms with Crippen molar-refractivity contribution < 1.29 is 4.42 Å². The van der Waals surface area contributed by atoms with Crippen LogP contribution in [0.25, 0.3) is 78.4 Å². The van der Waals surface area contributed by atoms with Crippen molar-refractivity contribution in [3.8, 4) is 56.4 Å². The van der Waals surface area contributed by atoms with Crippen LogP contribution in [0.5, 0.6) is 0 Å². The molecule has 0 bridgehead atoms. The van der Waals surface area contributed by atoms with Crippen LogP contribution >= 0.6 is 0 Å². The Morgan fingerprint density at radius 3 is 1.70 bits per heavy atom. The first kappa shape index (κ1) is 25.7. The summed E-state index contributed by atoms with van der Waals surface area (Å²) >= 11 is 0. The Bertz CT molecular complexity index is 2220. The second-order valence-electron chi connectivity index (χ2n) is 10.8. The second kappa shape index (κ2) is 10.7. The first-order valence-corrected chi connectivity index (χ1v) is 14.6. The van der Waals surface area contributed by atoms with Gasteiger partial charge < -0.3 is 4.42 Å². The maximum absolute atomic E-state index is 6.54. The van der Waals surface area contributed by atoms with Gasteiger partial charge in [-0.25, -0.2) is 15.0 Å². The van der Waals surface area contributed by atoms with E-state index in [0.29, 0.717) is 17.5 Å². The molecule has 44 heavy (non-hydrogen) atoms. The number of para-hydroxylation sites is 1. The van der Waals surface area contributed by atoms with Crippen LogP contribution in [0.3, 0.4) is 0 Å². The van der Waals surface area contributed by atoms with E-state index in [9.17, 15) is 0 Å². The molecule has 0 saturated carbocycles. The van der Waals surface area contributed by atoms with Gasteiger partial charge in [-0.2, -0.15) is 0 Å². The third-order valence-corrected chi connectivity index (χ3v) is 7.88. The molecule has 0 atom stereocenters. The van der Waals surface area contributed by atoms with Gasteiger partial charge in [-0.3, -0.25) is 4.98 Å². The number of hydrogen-bond donors (Lipinski definition) is 0. The Morgan fingerprint density at radius 1 is 0.455 bits per heavy atom. The van der Waals surface area contributed by atoms with E-state index in [1.807, 2.05) is 98.0 Å². The van der Waals surface area contributed by atoms with E-state index in [2.05, 4.69) is 53.5 Å². The van der Waals surface area contributed by atoms with Crippen LogP contribution in [0, 0.1) is 6.92 Å². The minimum atomic E-state index is 0.554. The van der Waals surface area contributed by atoms with Crippen molar-refractivity contribution in [1.29, 1.82) is 0 Å². The van der Waals surface area contributed by atoms with E-state index in [1.165, 1.54) is 0 Å². The Hall–Kier alpha value is -5.94. The van der Waals surface area contributed by atoms with Crippen molar-refractivity contribution in [3.05, 3.63) is 145 Å². The van der Waals surface area contributed by atoms with Gasteiger partial charge in [-0.1, -0.05) is 109 Å². The normalized spacial score (nSPS) is 11.3. The van der Waals surface area contributed by atoms with Crippen molar-refractivity contribution in [2.45, 2.75) is 6.92 Å². The number of aryl methyl sites for hydroxylation is 1. The maximum Gasteiger partial charge on any atom is 0.167 e. The fraction of sp³-hybridized carbons (Fsp3) is 0.0256. The molecule has 0 aliphatic carbocycles. The van der Waals surface area contributed by atoms with E-state index in [4.69, 9.17) is 19.4 Å². The number of nitrogens with zero attached hydrogens (tertiary/aromatic N) is 4. The molecule has 0 N–H and O–H groups in total. The third-order valence-electron chi connectivity index (χ3n) is 7.88. The summed E-state index contributed by atoms with van der Waals surface area (Å²) in [5, 5.41) is 2.05. The monoisotopic (exact) mass is 566 g/mol. The molecule has 0 amide bonds. The molecule has 5 heteroatoms. The van der Waals surface area contributed by atoms with Gasteiger partial charge in [0, 0.05) is 39.4 Å². The van der Waals surface area contributed by atoms with Crippen molar-refractivity contribution in [3.63, 3.8) is 0 Å². The molecule has 0 unspecified atom stereocenters. The molecule has 0 saturated heterocycles. The summed E-state index contributed by atoms with van der Waals surface area (Å²) in [6.45, 7) is 2.00. The molecular weight excluding hydrogens is 540 g/mol. The molecule has 3 aromatic heterocycles. The minimum absolute atomic E-state index is 0.554.